The molecule has 2 N–H and O–H groups in total. The molecule has 0 atom stereocenters. The molecule has 0 amide bonds. The van der Waals surface area contributed by atoms with Crippen LogP contribution in [0.2, 0.25) is 0 Å². The molecule has 1 saturated carbocycles. The summed E-state index contributed by atoms with van der Waals surface area (Å²) in [4.78, 5) is 6.04. The minimum absolute atomic E-state index is 0. The highest BCUT2D eigenvalue weighted by Crippen LogP contribution is 2.43. The summed E-state index contributed by atoms with van der Waals surface area (Å²) in [6, 6.07) is 8.13. The Balaban J connectivity index is 0.00000261. The van der Waals surface area contributed by atoms with E-state index in [1.165, 1.54) is 24.1 Å². The predicted molar refractivity (Wildman–Crippen MR) is 122 cm³/mol. The van der Waals surface area contributed by atoms with Crippen molar-refractivity contribution in [3.05, 3.63) is 46.5 Å². The van der Waals surface area contributed by atoms with Gasteiger partial charge < -0.3 is 19.8 Å². The molecule has 1 fully saturated rings. The molecule has 2 aromatic heterocycles. The molecule has 2 aromatic rings. The van der Waals surface area contributed by atoms with Gasteiger partial charge in [0, 0.05) is 38.1 Å². The number of aliphatic imine (C=N–C) groups is 1. The average molecular weight is 503 g/mol. The number of hydrogen-bond acceptors (Lipinski definition) is 4. The SMILES string of the molecule is COCCC1(CNC(=NCc2cccs2)NCCc2ccco2)CCC1.I. The summed E-state index contributed by atoms with van der Waals surface area (Å²) in [6.07, 6.45) is 7.54. The molecule has 7 heteroatoms. The Morgan fingerprint density at radius 1 is 1.30 bits per heavy atom. The van der Waals surface area contributed by atoms with Crippen LogP contribution in [-0.4, -0.2) is 32.8 Å². The zero-order valence-electron chi connectivity index (χ0n) is 15.9. The van der Waals surface area contributed by atoms with E-state index in [1.54, 1.807) is 24.7 Å². The largest absolute Gasteiger partial charge is 0.469 e. The summed E-state index contributed by atoms with van der Waals surface area (Å²) in [7, 11) is 1.78. The minimum Gasteiger partial charge on any atom is -0.469 e. The van der Waals surface area contributed by atoms with Crippen LogP contribution in [0.25, 0.3) is 0 Å². The first-order valence-electron chi connectivity index (χ1n) is 9.36. The number of guanidine groups is 1. The van der Waals surface area contributed by atoms with Crippen molar-refractivity contribution < 1.29 is 9.15 Å². The van der Waals surface area contributed by atoms with Gasteiger partial charge in [0.2, 0.25) is 0 Å². The number of nitrogens with one attached hydrogen (secondary N) is 2. The van der Waals surface area contributed by atoms with E-state index in [9.17, 15) is 0 Å². The molecule has 2 heterocycles. The standard InChI is InChI=1S/C20H29N3O2S.HI/c1-24-13-10-20(8-4-9-20)16-23-19(22-15-18-6-3-14-26-18)21-11-7-17-5-2-12-25-17;/h2-3,5-6,12,14H,4,7-11,13,15-16H2,1H3,(H2,21,22,23);1H. The number of hydrogen-bond donors (Lipinski definition) is 2. The lowest BCUT2D eigenvalue weighted by Crippen LogP contribution is -2.47. The number of halogens is 1. The second kappa shape index (κ2) is 11.7. The predicted octanol–water partition coefficient (Wildman–Crippen LogP) is 4.44. The number of nitrogens with zero attached hydrogens (tertiary/aromatic N) is 1. The second-order valence-electron chi connectivity index (χ2n) is 6.95. The molecule has 0 aliphatic heterocycles. The molecule has 0 unspecified atom stereocenters. The number of methoxy groups -OCH3 is 1. The van der Waals surface area contributed by atoms with E-state index >= 15 is 0 Å². The van der Waals surface area contributed by atoms with Crippen molar-refractivity contribution in [3.63, 3.8) is 0 Å². The Hall–Kier alpha value is -1.06. The molecule has 0 saturated heterocycles. The maximum atomic E-state index is 5.41. The van der Waals surface area contributed by atoms with E-state index in [-0.39, 0.29) is 24.0 Å². The molecule has 1 aliphatic rings. The number of ether oxygens (including phenoxy) is 1. The van der Waals surface area contributed by atoms with Crippen LogP contribution in [0.15, 0.2) is 45.3 Å². The highest BCUT2D eigenvalue weighted by molar-refractivity contribution is 14.0. The monoisotopic (exact) mass is 503 g/mol. The van der Waals surface area contributed by atoms with Gasteiger partial charge in [0.1, 0.15) is 5.76 Å². The fourth-order valence-corrected chi connectivity index (χ4v) is 3.90. The zero-order chi connectivity index (χ0) is 18.1. The molecule has 27 heavy (non-hydrogen) atoms. The van der Waals surface area contributed by atoms with Crippen molar-refractivity contribution in [2.24, 2.45) is 10.4 Å². The van der Waals surface area contributed by atoms with E-state index in [1.807, 2.05) is 12.1 Å². The number of thiophene rings is 1. The Kier molecular flexibility index (Phi) is 9.64. The zero-order valence-corrected chi connectivity index (χ0v) is 19.1. The first-order valence-corrected chi connectivity index (χ1v) is 10.2. The molecule has 0 aromatic carbocycles. The molecule has 0 radical (unpaired) electrons. The van der Waals surface area contributed by atoms with Crippen molar-refractivity contribution in [1.82, 2.24) is 10.6 Å². The van der Waals surface area contributed by atoms with Gasteiger partial charge in [-0.2, -0.15) is 0 Å². The van der Waals surface area contributed by atoms with Crippen molar-refractivity contribution >= 4 is 41.3 Å². The molecule has 150 valence electrons. The van der Waals surface area contributed by atoms with Gasteiger partial charge in [0.05, 0.1) is 12.8 Å². The highest BCUT2D eigenvalue weighted by Gasteiger charge is 2.36. The van der Waals surface area contributed by atoms with E-state index in [0.29, 0.717) is 12.0 Å². The van der Waals surface area contributed by atoms with Gasteiger partial charge in [0.25, 0.3) is 0 Å². The third-order valence-corrected chi connectivity index (χ3v) is 5.96. The molecule has 0 bridgehead atoms. The van der Waals surface area contributed by atoms with Crippen LogP contribution in [0.1, 0.15) is 36.3 Å². The summed E-state index contributed by atoms with van der Waals surface area (Å²) in [5.74, 6) is 1.87. The number of furan rings is 1. The Bertz CT molecular complexity index is 655. The van der Waals surface area contributed by atoms with Gasteiger partial charge in [-0.15, -0.1) is 35.3 Å². The van der Waals surface area contributed by atoms with E-state index < -0.39 is 0 Å². The molecule has 5 nitrogen and oxygen atoms in total. The summed E-state index contributed by atoms with van der Waals surface area (Å²) in [5, 5.41) is 9.11. The fourth-order valence-electron chi connectivity index (χ4n) is 3.27. The average Bonchev–Trinajstić information content (AvgIpc) is 3.31. The Morgan fingerprint density at radius 2 is 2.19 bits per heavy atom. The van der Waals surface area contributed by atoms with Gasteiger partial charge in [-0.1, -0.05) is 12.5 Å². The van der Waals surface area contributed by atoms with Gasteiger partial charge >= 0.3 is 0 Å². The van der Waals surface area contributed by atoms with Crippen LogP contribution in [-0.2, 0) is 17.7 Å². The van der Waals surface area contributed by atoms with Crippen LogP contribution in [0.3, 0.4) is 0 Å². The Morgan fingerprint density at radius 3 is 2.81 bits per heavy atom. The van der Waals surface area contributed by atoms with Gasteiger partial charge in [-0.25, -0.2) is 4.99 Å². The van der Waals surface area contributed by atoms with Crippen LogP contribution < -0.4 is 10.6 Å². The van der Waals surface area contributed by atoms with Crippen molar-refractivity contribution in [2.75, 3.05) is 26.8 Å². The van der Waals surface area contributed by atoms with E-state index in [4.69, 9.17) is 14.1 Å². The summed E-state index contributed by atoms with van der Waals surface area (Å²) < 4.78 is 10.7. The lowest BCUT2D eigenvalue weighted by Gasteiger charge is -2.42. The maximum absolute atomic E-state index is 5.41. The lowest BCUT2D eigenvalue weighted by atomic mass is 9.67. The highest BCUT2D eigenvalue weighted by atomic mass is 127. The van der Waals surface area contributed by atoms with Crippen molar-refractivity contribution in [3.8, 4) is 0 Å². The first kappa shape index (κ1) is 22.2. The maximum Gasteiger partial charge on any atom is 0.191 e. The minimum atomic E-state index is 0. The fraction of sp³-hybridized carbons (Fsp3) is 0.550. The molecular weight excluding hydrogens is 473 g/mol. The smallest absolute Gasteiger partial charge is 0.191 e. The second-order valence-corrected chi connectivity index (χ2v) is 7.98. The van der Waals surface area contributed by atoms with E-state index in [0.717, 1.165) is 44.3 Å². The van der Waals surface area contributed by atoms with Gasteiger partial charge in [0.15, 0.2) is 5.96 Å². The van der Waals surface area contributed by atoms with Crippen LogP contribution in [0.5, 0.6) is 0 Å². The van der Waals surface area contributed by atoms with Crippen molar-refractivity contribution in [1.29, 1.82) is 0 Å². The molecular formula is C20H30IN3O2S. The van der Waals surface area contributed by atoms with Gasteiger partial charge in [-0.05, 0) is 48.3 Å². The third kappa shape index (κ3) is 7.12. The molecule has 1 aliphatic carbocycles. The summed E-state index contributed by atoms with van der Waals surface area (Å²) in [5.41, 5.74) is 0.363. The van der Waals surface area contributed by atoms with Gasteiger partial charge in [-0.3, -0.25) is 0 Å². The first-order chi connectivity index (χ1) is 12.8. The number of rotatable bonds is 10. The summed E-state index contributed by atoms with van der Waals surface area (Å²) >= 11 is 1.74. The molecule has 3 rings (SSSR count). The topological polar surface area (TPSA) is 58.8 Å². The van der Waals surface area contributed by atoms with Crippen LogP contribution in [0.4, 0.5) is 0 Å². The Labute approximate surface area is 183 Å². The quantitative estimate of drug-likeness (QED) is 0.286. The van der Waals surface area contributed by atoms with Crippen LogP contribution in [0, 0.1) is 5.41 Å². The third-order valence-electron chi connectivity index (χ3n) is 5.10. The van der Waals surface area contributed by atoms with E-state index in [2.05, 4.69) is 28.1 Å². The van der Waals surface area contributed by atoms with Crippen LogP contribution >= 0.6 is 35.3 Å². The summed E-state index contributed by atoms with van der Waals surface area (Å²) in [6.45, 7) is 3.29. The molecule has 0 spiro atoms. The lowest BCUT2D eigenvalue weighted by molar-refractivity contribution is 0.0732. The normalized spacial score (nSPS) is 15.7. The van der Waals surface area contributed by atoms with Crippen molar-refractivity contribution in [2.45, 2.75) is 38.6 Å².